The minimum atomic E-state index is -0.341. The van der Waals surface area contributed by atoms with Crippen molar-refractivity contribution in [2.45, 2.75) is 46.6 Å². The van der Waals surface area contributed by atoms with Gasteiger partial charge in [-0.1, -0.05) is 74.0 Å². The second-order valence-electron chi connectivity index (χ2n) is 7.62. The summed E-state index contributed by atoms with van der Waals surface area (Å²) in [4.78, 5) is 13.7. The molecule has 3 rings (SSSR count). The lowest BCUT2D eigenvalue weighted by atomic mass is 9.92. The van der Waals surface area contributed by atoms with Crippen molar-refractivity contribution in [2.75, 3.05) is 20.6 Å². The maximum Gasteiger partial charge on any atom is 0.224 e. The number of rotatable bonds is 6. The smallest absolute Gasteiger partial charge is 0.224 e. The molecule has 0 spiro atoms. The Morgan fingerprint density at radius 3 is 2.10 bits per heavy atom. The minimum Gasteiger partial charge on any atom is -0.389 e. The van der Waals surface area contributed by atoms with E-state index in [2.05, 4.69) is 37.2 Å². The van der Waals surface area contributed by atoms with E-state index in [4.69, 9.17) is 10.8 Å². The molecule has 2 atom stereocenters. The number of aliphatic hydroxyl groups is 1. The predicted octanol–water partition coefficient (Wildman–Crippen LogP) is 4.84. The van der Waals surface area contributed by atoms with Crippen molar-refractivity contribution in [3.8, 4) is 0 Å². The summed E-state index contributed by atoms with van der Waals surface area (Å²) in [6.45, 7) is 8.67. The average molecular weight is 411 g/mol. The maximum absolute atomic E-state index is 11.6. The quantitative estimate of drug-likeness (QED) is 0.716. The van der Waals surface area contributed by atoms with Crippen molar-refractivity contribution >= 4 is 11.5 Å². The van der Waals surface area contributed by atoms with Gasteiger partial charge in [0.15, 0.2) is 0 Å². The normalized spacial score (nSPS) is 14.1. The first-order valence-electron chi connectivity index (χ1n) is 10.8. The SMILES string of the molecule is CC.CC(C(N)=O)C1=C(CCN(C)C)Cc2ccccc21.CC(O)c1ccccc1. The second kappa shape index (κ2) is 13.0. The zero-order valence-corrected chi connectivity index (χ0v) is 19.4. The largest absolute Gasteiger partial charge is 0.389 e. The van der Waals surface area contributed by atoms with Crippen LogP contribution in [0.4, 0.5) is 0 Å². The Morgan fingerprint density at radius 2 is 1.60 bits per heavy atom. The van der Waals surface area contributed by atoms with E-state index >= 15 is 0 Å². The molecule has 1 amide bonds. The number of nitrogens with zero attached hydrogens (tertiary/aromatic N) is 1. The first-order chi connectivity index (χ1) is 14.3. The van der Waals surface area contributed by atoms with Crippen LogP contribution in [0.15, 0.2) is 60.2 Å². The first kappa shape index (κ1) is 25.6. The Labute approximate surface area is 182 Å². The van der Waals surface area contributed by atoms with Gasteiger partial charge in [-0.25, -0.2) is 0 Å². The number of fused-ring (bicyclic) bond motifs is 1. The molecule has 0 fully saturated rings. The Balaban J connectivity index is 0.000000342. The maximum atomic E-state index is 11.6. The van der Waals surface area contributed by atoms with Gasteiger partial charge < -0.3 is 15.7 Å². The number of nitrogens with two attached hydrogens (primary N) is 1. The lowest BCUT2D eigenvalue weighted by molar-refractivity contribution is -0.119. The molecule has 0 aliphatic heterocycles. The highest BCUT2D eigenvalue weighted by molar-refractivity contribution is 5.93. The van der Waals surface area contributed by atoms with Crippen LogP contribution in [-0.2, 0) is 11.2 Å². The molecule has 4 nitrogen and oxygen atoms in total. The van der Waals surface area contributed by atoms with Gasteiger partial charge in [0.2, 0.25) is 5.91 Å². The van der Waals surface area contributed by atoms with Crippen molar-refractivity contribution in [2.24, 2.45) is 11.7 Å². The summed E-state index contributed by atoms with van der Waals surface area (Å²) in [5.74, 6) is -0.449. The van der Waals surface area contributed by atoms with Crippen molar-refractivity contribution in [1.29, 1.82) is 0 Å². The van der Waals surface area contributed by atoms with E-state index in [1.165, 1.54) is 16.7 Å². The summed E-state index contributed by atoms with van der Waals surface area (Å²) in [7, 11) is 4.14. The minimum absolute atomic E-state index is 0.208. The molecular formula is C26H38N2O2. The van der Waals surface area contributed by atoms with E-state index in [1.54, 1.807) is 6.92 Å². The fourth-order valence-electron chi connectivity index (χ4n) is 3.45. The van der Waals surface area contributed by atoms with E-state index in [-0.39, 0.29) is 17.9 Å². The van der Waals surface area contributed by atoms with Crippen molar-refractivity contribution in [3.63, 3.8) is 0 Å². The average Bonchev–Trinajstić information content (AvgIpc) is 3.12. The molecule has 30 heavy (non-hydrogen) atoms. The van der Waals surface area contributed by atoms with E-state index in [1.807, 2.05) is 57.2 Å². The Hall–Kier alpha value is -2.43. The van der Waals surface area contributed by atoms with Gasteiger partial charge in [0.25, 0.3) is 0 Å². The van der Waals surface area contributed by atoms with Crippen LogP contribution in [-0.4, -0.2) is 36.6 Å². The van der Waals surface area contributed by atoms with E-state index in [0.29, 0.717) is 0 Å². The van der Waals surface area contributed by atoms with Crippen LogP contribution >= 0.6 is 0 Å². The van der Waals surface area contributed by atoms with Gasteiger partial charge in [0.1, 0.15) is 0 Å². The summed E-state index contributed by atoms with van der Waals surface area (Å²) in [6, 6.07) is 17.9. The topological polar surface area (TPSA) is 66.6 Å². The van der Waals surface area contributed by atoms with Crippen molar-refractivity contribution in [3.05, 3.63) is 76.9 Å². The van der Waals surface area contributed by atoms with Crippen LogP contribution in [0.5, 0.6) is 0 Å². The van der Waals surface area contributed by atoms with Gasteiger partial charge in [0.05, 0.1) is 12.0 Å². The molecule has 0 radical (unpaired) electrons. The molecule has 3 N–H and O–H groups in total. The number of benzene rings is 2. The summed E-state index contributed by atoms with van der Waals surface area (Å²) in [6.07, 6.45) is 1.61. The van der Waals surface area contributed by atoms with Gasteiger partial charge in [0, 0.05) is 6.54 Å². The number of hydrogen-bond acceptors (Lipinski definition) is 3. The summed E-state index contributed by atoms with van der Waals surface area (Å²) >= 11 is 0. The number of primary amides is 1. The third-order valence-corrected chi connectivity index (χ3v) is 5.09. The molecule has 0 bridgehead atoms. The van der Waals surface area contributed by atoms with E-state index in [0.717, 1.165) is 30.5 Å². The molecule has 164 valence electrons. The third-order valence-electron chi connectivity index (χ3n) is 5.09. The summed E-state index contributed by atoms with van der Waals surface area (Å²) in [5, 5.41) is 9.02. The van der Waals surface area contributed by atoms with Crippen LogP contribution in [0.3, 0.4) is 0 Å². The lowest BCUT2D eigenvalue weighted by Crippen LogP contribution is -2.22. The highest BCUT2D eigenvalue weighted by atomic mass is 16.3. The molecule has 1 aliphatic rings. The van der Waals surface area contributed by atoms with Crippen molar-refractivity contribution < 1.29 is 9.90 Å². The van der Waals surface area contributed by atoms with E-state index in [9.17, 15) is 4.79 Å². The molecular weight excluding hydrogens is 372 g/mol. The van der Waals surface area contributed by atoms with Gasteiger partial charge in [-0.15, -0.1) is 0 Å². The predicted molar refractivity (Wildman–Crippen MR) is 127 cm³/mol. The van der Waals surface area contributed by atoms with Crippen LogP contribution in [0.25, 0.3) is 5.57 Å². The molecule has 0 aromatic heterocycles. The van der Waals surface area contributed by atoms with Crippen LogP contribution < -0.4 is 5.73 Å². The standard InChI is InChI=1S/C16H22N2O.C8H10O.C2H6/c1-11(16(17)19)15-13(8-9-18(2)3)10-12-6-4-5-7-14(12)15;1-7(9)8-5-3-2-4-6-8;1-2/h4-7,11H,8-10H2,1-3H3,(H2,17,19);2-7,9H,1H3;1-2H3. The third kappa shape index (κ3) is 7.43. The fraction of sp³-hybridized carbons (Fsp3) is 0.423. The number of carbonyl (C=O) groups is 1. The molecule has 2 unspecified atom stereocenters. The second-order valence-corrected chi connectivity index (χ2v) is 7.62. The number of hydrogen-bond donors (Lipinski definition) is 2. The van der Waals surface area contributed by atoms with Gasteiger partial charge in [-0.05, 0) is 63.0 Å². The zero-order valence-electron chi connectivity index (χ0n) is 19.4. The zero-order chi connectivity index (χ0) is 22.7. The van der Waals surface area contributed by atoms with Crippen molar-refractivity contribution in [1.82, 2.24) is 4.90 Å². The van der Waals surface area contributed by atoms with Crippen LogP contribution in [0, 0.1) is 5.92 Å². The summed E-state index contributed by atoms with van der Waals surface area (Å²) < 4.78 is 0. The number of amides is 1. The van der Waals surface area contributed by atoms with Gasteiger partial charge in [-0.3, -0.25) is 4.79 Å². The molecule has 4 heteroatoms. The van der Waals surface area contributed by atoms with E-state index < -0.39 is 0 Å². The first-order valence-corrected chi connectivity index (χ1v) is 10.8. The number of carbonyl (C=O) groups excluding carboxylic acids is 1. The Bertz CT molecular complexity index is 811. The fourth-order valence-corrected chi connectivity index (χ4v) is 3.45. The molecule has 2 aromatic rings. The van der Waals surface area contributed by atoms with Crippen LogP contribution in [0.1, 0.15) is 56.9 Å². The van der Waals surface area contributed by atoms with Gasteiger partial charge >= 0.3 is 0 Å². The molecule has 0 heterocycles. The molecule has 0 saturated carbocycles. The Morgan fingerprint density at radius 1 is 1.03 bits per heavy atom. The molecule has 2 aromatic carbocycles. The monoisotopic (exact) mass is 410 g/mol. The Kier molecular flexibility index (Phi) is 11.1. The lowest BCUT2D eigenvalue weighted by Gasteiger charge is -2.15. The van der Waals surface area contributed by atoms with Gasteiger partial charge in [-0.2, -0.15) is 0 Å². The number of aliphatic hydroxyl groups excluding tert-OH is 1. The van der Waals surface area contributed by atoms with Crippen LogP contribution in [0.2, 0.25) is 0 Å². The summed E-state index contributed by atoms with van der Waals surface area (Å²) in [5.41, 5.74) is 11.5. The highest BCUT2D eigenvalue weighted by Crippen LogP contribution is 2.38. The molecule has 0 saturated heterocycles. The highest BCUT2D eigenvalue weighted by Gasteiger charge is 2.27. The molecule has 1 aliphatic carbocycles.